The molecule has 1 amide bonds. The summed E-state index contributed by atoms with van der Waals surface area (Å²) in [5, 5.41) is 15.6. The highest BCUT2D eigenvalue weighted by molar-refractivity contribution is 6.02. The molecule has 0 unspecified atom stereocenters. The minimum Gasteiger partial charge on any atom is -0.490 e. The smallest absolute Gasteiger partial charge is 0.320 e. The highest BCUT2D eigenvalue weighted by Crippen LogP contribution is 2.33. The molecular formula is C24H24FN5O6. The predicted octanol–water partition coefficient (Wildman–Crippen LogP) is 5.10. The van der Waals surface area contributed by atoms with E-state index >= 15 is 0 Å². The Bertz CT molecular complexity index is 1220. The van der Waals surface area contributed by atoms with E-state index in [1.165, 1.54) is 36.4 Å². The van der Waals surface area contributed by atoms with Crippen LogP contribution in [-0.4, -0.2) is 34.8 Å². The van der Waals surface area contributed by atoms with Gasteiger partial charge in [0.15, 0.2) is 0 Å². The van der Waals surface area contributed by atoms with Crippen LogP contribution in [0, 0.1) is 16.6 Å². The first-order valence-electron chi connectivity index (χ1n) is 11.4. The number of benzene rings is 2. The average molecular weight is 497 g/mol. The third kappa shape index (κ3) is 6.20. The summed E-state index contributed by atoms with van der Waals surface area (Å²) < 4.78 is 29.4. The number of anilines is 3. The SMILES string of the molecule is CCOC(=O)[C@H]1CC[C@@H](Oc2ccc(NC(=O)c3nnc(Nc4ccc(F)cc4)o3)c(N=O)c2)CC1. The van der Waals surface area contributed by atoms with Crippen molar-refractivity contribution in [3.05, 3.63) is 59.1 Å². The number of amides is 1. The maximum atomic E-state index is 13.0. The topological polar surface area (TPSA) is 145 Å². The third-order valence-corrected chi connectivity index (χ3v) is 5.63. The molecule has 1 aromatic heterocycles. The third-order valence-electron chi connectivity index (χ3n) is 5.63. The van der Waals surface area contributed by atoms with Crippen LogP contribution < -0.4 is 15.4 Å². The van der Waals surface area contributed by atoms with Crippen molar-refractivity contribution in [3.8, 4) is 5.75 Å². The number of nitrogens with one attached hydrogen (secondary N) is 2. The van der Waals surface area contributed by atoms with Gasteiger partial charge in [0.1, 0.15) is 17.3 Å². The first kappa shape index (κ1) is 24.8. The number of nitroso groups, excluding NO2 is 1. The van der Waals surface area contributed by atoms with Gasteiger partial charge in [0.2, 0.25) is 0 Å². The minimum atomic E-state index is -0.745. The molecule has 0 saturated heterocycles. The quantitative estimate of drug-likeness (QED) is 0.304. The maximum Gasteiger partial charge on any atom is 0.320 e. The van der Waals surface area contributed by atoms with Crippen LogP contribution >= 0.6 is 0 Å². The van der Waals surface area contributed by atoms with E-state index in [2.05, 4.69) is 26.0 Å². The number of nitrogens with zero attached hydrogens (tertiary/aromatic N) is 3. The summed E-state index contributed by atoms with van der Waals surface area (Å²) in [4.78, 5) is 35.8. The van der Waals surface area contributed by atoms with E-state index in [1.54, 1.807) is 13.0 Å². The standard InChI is InChI=1S/C24H24FN5O6/c1-2-34-23(32)14-3-9-17(10-4-14)35-18-11-12-19(20(13-18)30-33)27-21(31)22-28-29-24(36-22)26-16-7-5-15(25)6-8-16/h5-8,11-14,17H,2-4,9-10H2,1H3,(H,26,29)(H,27,31)/t14-,17+. The molecule has 12 heteroatoms. The van der Waals surface area contributed by atoms with Crippen molar-refractivity contribution in [2.75, 3.05) is 17.2 Å². The number of hydrogen-bond donors (Lipinski definition) is 2. The zero-order chi connectivity index (χ0) is 25.5. The summed E-state index contributed by atoms with van der Waals surface area (Å²) in [6, 6.07) is 9.90. The van der Waals surface area contributed by atoms with Crippen LogP contribution in [0.2, 0.25) is 0 Å². The van der Waals surface area contributed by atoms with Crippen molar-refractivity contribution < 1.29 is 27.9 Å². The Kier molecular flexibility index (Phi) is 7.83. The van der Waals surface area contributed by atoms with Crippen molar-refractivity contribution in [2.24, 2.45) is 11.1 Å². The highest BCUT2D eigenvalue weighted by Gasteiger charge is 2.28. The summed E-state index contributed by atoms with van der Waals surface area (Å²) in [5.74, 6) is -1.37. The van der Waals surface area contributed by atoms with Crippen LogP contribution in [0.15, 0.2) is 52.1 Å². The van der Waals surface area contributed by atoms with Gasteiger partial charge in [-0.1, -0.05) is 5.10 Å². The molecule has 2 N–H and O–H groups in total. The molecule has 4 rings (SSSR count). The molecular weight excluding hydrogens is 473 g/mol. The van der Waals surface area contributed by atoms with E-state index in [-0.39, 0.29) is 41.3 Å². The lowest BCUT2D eigenvalue weighted by Gasteiger charge is -2.27. The fourth-order valence-corrected chi connectivity index (χ4v) is 3.83. The first-order chi connectivity index (χ1) is 17.4. The Labute approximate surface area is 205 Å². The summed E-state index contributed by atoms with van der Waals surface area (Å²) in [5.41, 5.74) is 0.592. The van der Waals surface area contributed by atoms with Gasteiger partial charge in [-0.05, 0) is 74.2 Å². The lowest BCUT2D eigenvalue weighted by molar-refractivity contribution is -0.149. The molecule has 2 aromatic carbocycles. The highest BCUT2D eigenvalue weighted by atomic mass is 19.1. The summed E-state index contributed by atoms with van der Waals surface area (Å²) in [6.07, 6.45) is 2.58. The number of carbonyl (C=O) groups is 2. The van der Waals surface area contributed by atoms with E-state index in [4.69, 9.17) is 13.9 Å². The average Bonchev–Trinajstić information content (AvgIpc) is 3.35. The number of ether oxygens (including phenoxy) is 2. The second-order valence-corrected chi connectivity index (χ2v) is 8.11. The molecule has 1 saturated carbocycles. The van der Waals surface area contributed by atoms with Gasteiger partial charge in [-0.25, -0.2) is 4.39 Å². The molecule has 1 aliphatic carbocycles. The van der Waals surface area contributed by atoms with Gasteiger partial charge in [0, 0.05) is 11.8 Å². The molecule has 0 aliphatic heterocycles. The van der Waals surface area contributed by atoms with Crippen LogP contribution in [-0.2, 0) is 9.53 Å². The lowest BCUT2D eigenvalue weighted by Crippen LogP contribution is -2.29. The fourth-order valence-electron chi connectivity index (χ4n) is 3.83. The molecule has 188 valence electrons. The van der Waals surface area contributed by atoms with Crippen molar-refractivity contribution in [1.82, 2.24) is 10.2 Å². The summed E-state index contributed by atoms with van der Waals surface area (Å²) >= 11 is 0. The normalized spacial score (nSPS) is 17.2. The predicted molar refractivity (Wildman–Crippen MR) is 127 cm³/mol. The van der Waals surface area contributed by atoms with Gasteiger partial charge in [-0.2, -0.15) is 0 Å². The van der Waals surface area contributed by atoms with E-state index in [9.17, 15) is 18.9 Å². The largest absolute Gasteiger partial charge is 0.490 e. The van der Waals surface area contributed by atoms with Gasteiger partial charge >= 0.3 is 23.8 Å². The van der Waals surface area contributed by atoms with Crippen LogP contribution in [0.1, 0.15) is 43.3 Å². The Morgan fingerprint density at radius 3 is 2.56 bits per heavy atom. The molecule has 0 radical (unpaired) electrons. The second-order valence-electron chi connectivity index (χ2n) is 8.11. The minimum absolute atomic E-state index is 0.0368. The van der Waals surface area contributed by atoms with Gasteiger partial charge in [-0.15, -0.1) is 10.0 Å². The van der Waals surface area contributed by atoms with Crippen molar-refractivity contribution in [2.45, 2.75) is 38.7 Å². The molecule has 36 heavy (non-hydrogen) atoms. The molecule has 1 aliphatic rings. The zero-order valence-electron chi connectivity index (χ0n) is 19.4. The Balaban J connectivity index is 1.34. The Morgan fingerprint density at radius 2 is 1.86 bits per heavy atom. The summed E-state index contributed by atoms with van der Waals surface area (Å²) in [6.45, 7) is 2.14. The van der Waals surface area contributed by atoms with Gasteiger partial charge in [0.05, 0.1) is 24.3 Å². The number of hydrogen-bond acceptors (Lipinski definition) is 10. The number of carbonyl (C=O) groups excluding carboxylic acids is 2. The number of rotatable bonds is 9. The first-order valence-corrected chi connectivity index (χ1v) is 11.4. The van der Waals surface area contributed by atoms with Gasteiger partial charge in [-0.3, -0.25) is 9.59 Å². The Morgan fingerprint density at radius 1 is 1.11 bits per heavy atom. The van der Waals surface area contributed by atoms with Crippen LogP contribution in [0.5, 0.6) is 5.75 Å². The molecule has 0 bridgehead atoms. The van der Waals surface area contributed by atoms with Crippen LogP contribution in [0.25, 0.3) is 0 Å². The zero-order valence-corrected chi connectivity index (χ0v) is 19.4. The van der Waals surface area contributed by atoms with E-state index in [0.29, 0.717) is 43.7 Å². The van der Waals surface area contributed by atoms with Crippen molar-refractivity contribution in [3.63, 3.8) is 0 Å². The van der Waals surface area contributed by atoms with E-state index in [0.717, 1.165) is 0 Å². The molecule has 1 fully saturated rings. The maximum absolute atomic E-state index is 13.0. The van der Waals surface area contributed by atoms with Crippen molar-refractivity contribution >= 4 is 35.0 Å². The number of esters is 1. The fraction of sp³-hybridized carbons (Fsp3) is 0.333. The monoisotopic (exact) mass is 497 g/mol. The van der Waals surface area contributed by atoms with Crippen LogP contribution in [0.3, 0.4) is 0 Å². The van der Waals surface area contributed by atoms with Crippen LogP contribution in [0.4, 0.5) is 27.5 Å². The molecule has 0 atom stereocenters. The van der Waals surface area contributed by atoms with Gasteiger partial charge < -0.3 is 24.5 Å². The number of halogens is 1. The van der Waals surface area contributed by atoms with E-state index < -0.39 is 11.7 Å². The second kappa shape index (κ2) is 11.4. The molecule has 0 spiro atoms. The summed E-state index contributed by atoms with van der Waals surface area (Å²) in [7, 11) is 0. The molecule has 11 nitrogen and oxygen atoms in total. The van der Waals surface area contributed by atoms with E-state index in [1.807, 2.05) is 0 Å². The van der Waals surface area contributed by atoms with Gasteiger partial charge in [0.25, 0.3) is 0 Å². The Hall–Kier alpha value is -4.35. The lowest BCUT2D eigenvalue weighted by atomic mass is 9.87. The molecule has 1 heterocycles. The molecule has 3 aromatic rings. The van der Waals surface area contributed by atoms with Crippen molar-refractivity contribution in [1.29, 1.82) is 0 Å². The number of aromatic nitrogens is 2.